The number of anilines is 2. The van der Waals surface area contributed by atoms with Crippen LogP contribution in [-0.2, 0) is 4.79 Å². The van der Waals surface area contributed by atoms with Gasteiger partial charge in [-0.2, -0.15) is 5.10 Å². The van der Waals surface area contributed by atoms with E-state index in [1.807, 2.05) is 30.3 Å². The van der Waals surface area contributed by atoms with Crippen molar-refractivity contribution in [3.05, 3.63) is 60.3 Å². The summed E-state index contributed by atoms with van der Waals surface area (Å²) in [6.07, 6.45) is 0. The van der Waals surface area contributed by atoms with Gasteiger partial charge in [0.2, 0.25) is 5.91 Å². The lowest BCUT2D eigenvalue weighted by molar-refractivity contribution is -0.114. The van der Waals surface area contributed by atoms with Crippen molar-refractivity contribution < 1.29 is 14.3 Å². The Balaban J connectivity index is 1.81. The minimum absolute atomic E-state index is 0.200. The maximum atomic E-state index is 12.5. The lowest BCUT2D eigenvalue weighted by Gasteiger charge is -2.11. The van der Waals surface area contributed by atoms with Gasteiger partial charge in [-0.05, 0) is 24.3 Å². The zero-order valence-electron chi connectivity index (χ0n) is 14.4. The summed E-state index contributed by atoms with van der Waals surface area (Å²) in [5.41, 5.74) is 2.90. The van der Waals surface area contributed by atoms with Crippen LogP contribution in [0.15, 0.2) is 54.6 Å². The Morgan fingerprint density at radius 2 is 1.81 bits per heavy atom. The lowest BCUT2D eigenvalue weighted by Crippen LogP contribution is -2.14. The van der Waals surface area contributed by atoms with E-state index in [4.69, 9.17) is 4.74 Å². The van der Waals surface area contributed by atoms with Crippen LogP contribution in [0.2, 0.25) is 0 Å². The SMILES string of the molecule is COc1ccc(NC(C)=O)cc1NC(=O)c1cc(-c2ccccc2)n[nH]1. The number of aromatic amines is 1. The van der Waals surface area contributed by atoms with Crippen LogP contribution < -0.4 is 15.4 Å². The summed E-state index contributed by atoms with van der Waals surface area (Å²) in [6.45, 7) is 1.41. The number of nitrogens with one attached hydrogen (secondary N) is 3. The van der Waals surface area contributed by atoms with Crippen molar-refractivity contribution in [2.75, 3.05) is 17.7 Å². The van der Waals surface area contributed by atoms with Crippen LogP contribution in [0, 0.1) is 0 Å². The molecule has 2 amide bonds. The fraction of sp³-hybridized carbons (Fsp3) is 0.105. The predicted octanol–water partition coefficient (Wildman–Crippen LogP) is 3.30. The Hall–Kier alpha value is -3.61. The third kappa shape index (κ3) is 3.89. The third-order valence-corrected chi connectivity index (χ3v) is 3.66. The van der Waals surface area contributed by atoms with Gasteiger partial charge in [-0.1, -0.05) is 30.3 Å². The number of methoxy groups -OCH3 is 1. The van der Waals surface area contributed by atoms with Gasteiger partial charge >= 0.3 is 0 Å². The van der Waals surface area contributed by atoms with Gasteiger partial charge in [0.1, 0.15) is 11.4 Å². The van der Waals surface area contributed by atoms with E-state index < -0.39 is 0 Å². The molecule has 0 saturated heterocycles. The number of carbonyl (C=O) groups excluding carboxylic acids is 2. The van der Waals surface area contributed by atoms with E-state index in [1.165, 1.54) is 14.0 Å². The third-order valence-electron chi connectivity index (χ3n) is 3.66. The molecule has 1 aromatic heterocycles. The van der Waals surface area contributed by atoms with Crippen molar-refractivity contribution in [1.82, 2.24) is 10.2 Å². The molecule has 0 radical (unpaired) electrons. The van der Waals surface area contributed by atoms with Gasteiger partial charge in [0.15, 0.2) is 0 Å². The van der Waals surface area contributed by atoms with Crippen LogP contribution in [0.25, 0.3) is 11.3 Å². The Morgan fingerprint density at radius 1 is 1.04 bits per heavy atom. The van der Waals surface area contributed by atoms with Gasteiger partial charge in [-0.3, -0.25) is 14.7 Å². The van der Waals surface area contributed by atoms with E-state index >= 15 is 0 Å². The maximum absolute atomic E-state index is 12.5. The van der Waals surface area contributed by atoms with E-state index in [1.54, 1.807) is 24.3 Å². The monoisotopic (exact) mass is 350 g/mol. The summed E-state index contributed by atoms with van der Waals surface area (Å²) in [6, 6.07) is 16.2. The highest BCUT2D eigenvalue weighted by Crippen LogP contribution is 2.28. The summed E-state index contributed by atoms with van der Waals surface area (Å²) in [5, 5.41) is 12.3. The second kappa shape index (κ2) is 7.52. The van der Waals surface area contributed by atoms with Crippen molar-refractivity contribution in [3.63, 3.8) is 0 Å². The van der Waals surface area contributed by atoms with Gasteiger partial charge in [-0.25, -0.2) is 0 Å². The first-order valence-electron chi connectivity index (χ1n) is 7.94. The van der Waals surface area contributed by atoms with E-state index in [9.17, 15) is 9.59 Å². The quantitative estimate of drug-likeness (QED) is 0.658. The Labute approximate surface area is 150 Å². The highest BCUT2D eigenvalue weighted by Gasteiger charge is 2.14. The highest BCUT2D eigenvalue weighted by molar-refractivity contribution is 6.04. The molecule has 0 aliphatic rings. The number of amides is 2. The summed E-state index contributed by atoms with van der Waals surface area (Å²) < 4.78 is 5.26. The first-order valence-corrected chi connectivity index (χ1v) is 7.94. The number of benzene rings is 2. The molecule has 26 heavy (non-hydrogen) atoms. The summed E-state index contributed by atoms with van der Waals surface area (Å²) in [4.78, 5) is 23.8. The van der Waals surface area contributed by atoms with E-state index in [0.29, 0.717) is 28.5 Å². The van der Waals surface area contributed by atoms with E-state index in [0.717, 1.165) is 5.56 Å². The second-order valence-corrected chi connectivity index (χ2v) is 5.58. The minimum Gasteiger partial charge on any atom is -0.495 e. The van der Waals surface area contributed by atoms with Crippen LogP contribution in [0.1, 0.15) is 17.4 Å². The van der Waals surface area contributed by atoms with Crippen LogP contribution in [0.5, 0.6) is 5.75 Å². The van der Waals surface area contributed by atoms with Crippen molar-refractivity contribution in [2.45, 2.75) is 6.92 Å². The molecule has 0 spiro atoms. The molecule has 0 aliphatic carbocycles. The molecule has 0 atom stereocenters. The zero-order valence-corrected chi connectivity index (χ0v) is 14.4. The lowest BCUT2D eigenvalue weighted by atomic mass is 10.1. The van der Waals surface area contributed by atoms with Gasteiger partial charge in [0, 0.05) is 18.2 Å². The number of aromatic nitrogens is 2. The topological polar surface area (TPSA) is 96.1 Å². The van der Waals surface area contributed by atoms with Gasteiger partial charge in [-0.15, -0.1) is 0 Å². The second-order valence-electron chi connectivity index (χ2n) is 5.58. The van der Waals surface area contributed by atoms with Crippen molar-refractivity contribution in [2.24, 2.45) is 0 Å². The molecule has 1 heterocycles. The highest BCUT2D eigenvalue weighted by atomic mass is 16.5. The molecule has 132 valence electrons. The number of hydrogen-bond donors (Lipinski definition) is 3. The van der Waals surface area contributed by atoms with Crippen molar-refractivity contribution in [1.29, 1.82) is 0 Å². The molecule has 2 aromatic carbocycles. The standard InChI is InChI=1S/C19H18N4O3/c1-12(24)20-14-8-9-18(26-2)16(10-14)21-19(25)17-11-15(22-23-17)13-6-4-3-5-7-13/h3-11H,1-2H3,(H,20,24)(H,21,25)(H,22,23). The minimum atomic E-state index is -0.363. The van der Waals surface area contributed by atoms with E-state index in [2.05, 4.69) is 20.8 Å². The smallest absolute Gasteiger partial charge is 0.273 e. The molecule has 3 rings (SSSR count). The van der Waals surface area contributed by atoms with Crippen molar-refractivity contribution in [3.8, 4) is 17.0 Å². The fourth-order valence-electron chi connectivity index (χ4n) is 2.47. The molecule has 3 aromatic rings. The molecular formula is C19H18N4O3. The molecule has 0 aliphatic heterocycles. The van der Waals surface area contributed by atoms with Crippen LogP contribution >= 0.6 is 0 Å². The number of H-pyrrole nitrogens is 1. The summed E-state index contributed by atoms with van der Waals surface area (Å²) in [5.74, 6) is -0.0817. The van der Waals surface area contributed by atoms with Crippen LogP contribution in [0.4, 0.5) is 11.4 Å². The summed E-state index contributed by atoms with van der Waals surface area (Å²) >= 11 is 0. The Kier molecular flexibility index (Phi) is 4.98. The first kappa shape index (κ1) is 17.2. The van der Waals surface area contributed by atoms with Gasteiger partial charge < -0.3 is 15.4 Å². The van der Waals surface area contributed by atoms with Crippen LogP contribution in [-0.4, -0.2) is 29.1 Å². The number of hydrogen-bond acceptors (Lipinski definition) is 4. The molecule has 7 heteroatoms. The fourth-order valence-corrected chi connectivity index (χ4v) is 2.47. The predicted molar refractivity (Wildman–Crippen MR) is 99.3 cm³/mol. The normalized spacial score (nSPS) is 10.2. The Morgan fingerprint density at radius 3 is 2.50 bits per heavy atom. The molecular weight excluding hydrogens is 332 g/mol. The van der Waals surface area contributed by atoms with Gasteiger partial charge in [0.25, 0.3) is 5.91 Å². The van der Waals surface area contributed by atoms with E-state index in [-0.39, 0.29) is 11.8 Å². The molecule has 3 N–H and O–H groups in total. The zero-order chi connectivity index (χ0) is 18.5. The van der Waals surface area contributed by atoms with Crippen LogP contribution in [0.3, 0.4) is 0 Å². The largest absolute Gasteiger partial charge is 0.495 e. The van der Waals surface area contributed by atoms with Crippen molar-refractivity contribution >= 4 is 23.2 Å². The maximum Gasteiger partial charge on any atom is 0.273 e. The summed E-state index contributed by atoms with van der Waals surface area (Å²) in [7, 11) is 1.51. The molecule has 0 bridgehead atoms. The average Bonchev–Trinajstić information content (AvgIpc) is 3.12. The number of carbonyl (C=O) groups is 2. The number of nitrogens with zero attached hydrogens (tertiary/aromatic N) is 1. The molecule has 0 saturated carbocycles. The first-order chi connectivity index (χ1) is 12.6. The Bertz CT molecular complexity index is 935. The molecule has 7 nitrogen and oxygen atoms in total. The molecule has 0 unspecified atom stereocenters. The average molecular weight is 350 g/mol. The number of rotatable bonds is 5. The molecule has 0 fully saturated rings. The van der Waals surface area contributed by atoms with Gasteiger partial charge in [0.05, 0.1) is 18.5 Å². The number of ether oxygens (including phenoxy) is 1.